The second-order valence-electron chi connectivity index (χ2n) is 4.97. The first-order valence-corrected chi connectivity index (χ1v) is 6.59. The van der Waals surface area contributed by atoms with E-state index in [1.165, 1.54) is 0 Å². The Hall–Kier alpha value is -1.98. The van der Waals surface area contributed by atoms with E-state index < -0.39 is 17.5 Å². The van der Waals surface area contributed by atoms with Crippen LogP contribution in [0.15, 0.2) is 24.5 Å². The lowest BCUT2D eigenvalue weighted by molar-refractivity contribution is 0.496. The highest BCUT2D eigenvalue weighted by molar-refractivity contribution is 5.54. The van der Waals surface area contributed by atoms with Gasteiger partial charge in [-0.15, -0.1) is 0 Å². The number of anilines is 2. The fourth-order valence-electron chi connectivity index (χ4n) is 2.63. The van der Waals surface area contributed by atoms with Crippen LogP contribution in [0, 0.1) is 17.5 Å². The summed E-state index contributed by atoms with van der Waals surface area (Å²) in [6.07, 6.45) is 7.83. The predicted molar refractivity (Wildman–Crippen MR) is 69.3 cm³/mol. The molecule has 0 saturated heterocycles. The smallest absolute Gasteiger partial charge is 0.207 e. The van der Waals surface area contributed by atoms with Gasteiger partial charge in [-0.2, -0.15) is 0 Å². The maximum atomic E-state index is 13.6. The van der Waals surface area contributed by atoms with Crippen molar-refractivity contribution in [1.29, 1.82) is 0 Å². The lowest BCUT2D eigenvalue weighted by Crippen LogP contribution is -2.09. The van der Waals surface area contributed by atoms with Gasteiger partial charge in [0.05, 0.1) is 5.69 Å². The molecule has 1 heterocycles. The van der Waals surface area contributed by atoms with Crippen LogP contribution < -0.4 is 5.32 Å². The molecule has 1 aliphatic rings. The number of aromatic nitrogens is 2. The molecule has 3 rings (SSSR count). The van der Waals surface area contributed by atoms with Gasteiger partial charge in [-0.3, -0.25) is 0 Å². The zero-order valence-electron chi connectivity index (χ0n) is 10.7. The van der Waals surface area contributed by atoms with Crippen LogP contribution in [0.2, 0.25) is 0 Å². The van der Waals surface area contributed by atoms with Crippen LogP contribution >= 0.6 is 0 Å². The van der Waals surface area contributed by atoms with E-state index >= 15 is 0 Å². The Kier molecular flexibility index (Phi) is 3.38. The zero-order valence-corrected chi connectivity index (χ0v) is 10.7. The van der Waals surface area contributed by atoms with E-state index in [9.17, 15) is 13.2 Å². The number of nitrogens with one attached hydrogen (secondary N) is 1. The Balaban J connectivity index is 1.88. The minimum atomic E-state index is -1.20. The van der Waals surface area contributed by atoms with Crippen LogP contribution in [0.4, 0.5) is 24.8 Å². The topological polar surface area (TPSA) is 29.9 Å². The molecule has 0 bridgehead atoms. The summed E-state index contributed by atoms with van der Waals surface area (Å²) in [5.41, 5.74) is -0.116. The van der Waals surface area contributed by atoms with Gasteiger partial charge in [0, 0.05) is 30.6 Å². The highest BCUT2D eigenvalue weighted by Crippen LogP contribution is 2.32. The highest BCUT2D eigenvalue weighted by Gasteiger charge is 2.20. The molecule has 0 amide bonds. The molecule has 1 aromatic heterocycles. The lowest BCUT2D eigenvalue weighted by atomic mass is 10.2. The van der Waals surface area contributed by atoms with Gasteiger partial charge >= 0.3 is 0 Å². The molecule has 0 spiro atoms. The van der Waals surface area contributed by atoms with Crippen LogP contribution in [-0.2, 0) is 0 Å². The summed E-state index contributed by atoms with van der Waals surface area (Å²) in [6.45, 7) is 0. The average molecular weight is 281 g/mol. The van der Waals surface area contributed by atoms with Crippen molar-refractivity contribution >= 4 is 11.6 Å². The van der Waals surface area contributed by atoms with Gasteiger partial charge in [-0.1, -0.05) is 12.8 Å². The van der Waals surface area contributed by atoms with Gasteiger partial charge in [-0.05, 0) is 12.8 Å². The molecule has 2 aromatic rings. The van der Waals surface area contributed by atoms with Gasteiger partial charge in [0.15, 0.2) is 11.6 Å². The minimum Gasteiger partial charge on any atom is -0.323 e. The summed E-state index contributed by atoms with van der Waals surface area (Å²) >= 11 is 0. The summed E-state index contributed by atoms with van der Waals surface area (Å²) < 4.78 is 41.6. The highest BCUT2D eigenvalue weighted by atomic mass is 19.2. The first kappa shape index (κ1) is 13.0. The maximum absolute atomic E-state index is 13.6. The molecule has 106 valence electrons. The normalized spacial score (nSPS) is 15.8. The average Bonchev–Trinajstić information content (AvgIpc) is 3.06. The third-order valence-electron chi connectivity index (χ3n) is 3.64. The van der Waals surface area contributed by atoms with Gasteiger partial charge in [0.2, 0.25) is 5.95 Å². The van der Waals surface area contributed by atoms with Crippen LogP contribution in [0.1, 0.15) is 31.7 Å². The number of nitrogens with zero attached hydrogens (tertiary/aromatic N) is 2. The van der Waals surface area contributed by atoms with Crippen molar-refractivity contribution in [1.82, 2.24) is 9.55 Å². The minimum absolute atomic E-state index is 0.116. The number of hydrogen-bond donors (Lipinski definition) is 1. The monoisotopic (exact) mass is 281 g/mol. The summed E-state index contributed by atoms with van der Waals surface area (Å²) in [5, 5.41) is 2.74. The van der Waals surface area contributed by atoms with Crippen molar-refractivity contribution in [3.63, 3.8) is 0 Å². The fourth-order valence-corrected chi connectivity index (χ4v) is 2.63. The summed E-state index contributed by atoms with van der Waals surface area (Å²) in [6, 6.07) is 1.66. The number of imidazole rings is 1. The third kappa shape index (κ3) is 2.37. The molecule has 20 heavy (non-hydrogen) atoms. The van der Waals surface area contributed by atoms with Crippen molar-refractivity contribution in [3.8, 4) is 0 Å². The molecule has 3 nitrogen and oxygen atoms in total. The quantitative estimate of drug-likeness (QED) is 0.856. The molecule has 0 radical (unpaired) electrons. The zero-order chi connectivity index (χ0) is 14.1. The molecule has 1 N–H and O–H groups in total. The molecule has 1 saturated carbocycles. The van der Waals surface area contributed by atoms with Crippen molar-refractivity contribution < 1.29 is 13.2 Å². The number of benzene rings is 1. The van der Waals surface area contributed by atoms with Crippen LogP contribution in [0.5, 0.6) is 0 Å². The van der Waals surface area contributed by atoms with Crippen LogP contribution in [0.25, 0.3) is 0 Å². The Morgan fingerprint density at radius 3 is 2.50 bits per heavy atom. The van der Waals surface area contributed by atoms with E-state index in [0.29, 0.717) is 18.1 Å². The molecule has 1 fully saturated rings. The summed E-state index contributed by atoms with van der Waals surface area (Å²) in [7, 11) is 0. The van der Waals surface area contributed by atoms with Gasteiger partial charge in [-0.25, -0.2) is 18.2 Å². The van der Waals surface area contributed by atoms with Crippen LogP contribution in [0.3, 0.4) is 0 Å². The Morgan fingerprint density at radius 2 is 1.75 bits per heavy atom. The van der Waals surface area contributed by atoms with E-state index in [1.807, 2.05) is 10.8 Å². The van der Waals surface area contributed by atoms with Crippen molar-refractivity contribution in [3.05, 3.63) is 42.0 Å². The lowest BCUT2D eigenvalue weighted by Gasteiger charge is -2.16. The number of hydrogen-bond acceptors (Lipinski definition) is 2. The largest absolute Gasteiger partial charge is 0.323 e. The number of halogens is 3. The van der Waals surface area contributed by atoms with Gasteiger partial charge in [0.25, 0.3) is 0 Å². The molecule has 1 aliphatic carbocycles. The molecule has 0 unspecified atom stereocenters. The Bertz CT molecular complexity index is 618. The molecule has 0 atom stereocenters. The molecule has 1 aromatic carbocycles. The SMILES string of the molecule is Fc1cc(F)c(Nc2nccn2C2CCCC2)cc1F. The predicted octanol–water partition coefficient (Wildman–Crippen LogP) is 4.16. The van der Waals surface area contributed by atoms with Gasteiger partial charge in [0.1, 0.15) is 5.82 Å². The first-order chi connectivity index (χ1) is 9.65. The van der Waals surface area contributed by atoms with E-state index in [2.05, 4.69) is 10.3 Å². The number of rotatable bonds is 3. The first-order valence-electron chi connectivity index (χ1n) is 6.59. The Morgan fingerprint density at radius 1 is 1.05 bits per heavy atom. The summed E-state index contributed by atoms with van der Waals surface area (Å²) in [4.78, 5) is 4.12. The summed E-state index contributed by atoms with van der Waals surface area (Å²) in [5.74, 6) is -2.69. The van der Waals surface area contributed by atoms with Gasteiger partial charge < -0.3 is 9.88 Å². The van der Waals surface area contributed by atoms with Crippen molar-refractivity contribution in [2.75, 3.05) is 5.32 Å². The van der Waals surface area contributed by atoms with Crippen molar-refractivity contribution in [2.45, 2.75) is 31.7 Å². The second-order valence-corrected chi connectivity index (χ2v) is 4.97. The molecule has 6 heteroatoms. The van der Waals surface area contributed by atoms with E-state index in [4.69, 9.17) is 0 Å². The third-order valence-corrected chi connectivity index (χ3v) is 3.64. The second kappa shape index (κ2) is 5.19. The van der Waals surface area contributed by atoms with Crippen molar-refractivity contribution in [2.24, 2.45) is 0 Å². The fraction of sp³-hybridized carbons (Fsp3) is 0.357. The van der Waals surface area contributed by atoms with E-state index in [0.717, 1.165) is 31.7 Å². The molecule has 0 aliphatic heterocycles. The van der Waals surface area contributed by atoms with Crippen LogP contribution in [-0.4, -0.2) is 9.55 Å². The molecular weight excluding hydrogens is 267 g/mol. The van der Waals surface area contributed by atoms with E-state index in [1.54, 1.807) is 6.20 Å². The van der Waals surface area contributed by atoms with E-state index in [-0.39, 0.29) is 5.69 Å². The maximum Gasteiger partial charge on any atom is 0.207 e. The standard InChI is InChI=1S/C14H14F3N3/c15-10-7-12(17)13(8-11(10)16)19-14-18-5-6-20(14)9-3-1-2-4-9/h5-9H,1-4H2,(H,18,19). The molecular formula is C14H14F3N3. The Labute approximate surface area is 114 Å².